The lowest BCUT2D eigenvalue weighted by Gasteiger charge is -2.62. The Bertz CT molecular complexity index is 546. The van der Waals surface area contributed by atoms with E-state index in [1.807, 2.05) is 6.07 Å². The maximum absolute atomic E-state index is 10.4. The van der Waals surface area contributed by atoms with Gasteiger partial charge in [-0.2, -0.15) is 0 Å². The summed E-state index contributed by atoms with van der Waals surface area (Å²) >= 11 is 0. The van der Waals surface area contributed by atoms with Gasteiger partial charge in [-0.3, -0.25) is 0 Å². The van der Waals surface area contributed by atoms with Gasteiger partial charge in [-0.15, -0.1) is 0 Å². The van der Waals surface area contributed by atoms with Gasteiger partial charge in [0.15, 0.2) is 0 Å². The van der Waals surface area contributed by atoms with Crippen LogP contribution in [0.4, 0.5) is 0 Å². The van der Waals surface area contributed by atoms with Crippen molar-refractivity contribution >= 4 is 0 Å². The molecule has 1 saturated carbocycles. The van der Waals surface area contributed by atoms with Crippen LogP contribution in [0.3, 0.4) is 0 Å². The molecule has 1 aromatic rings. The molecule has 3 nitrogen and oxygen atoms in total. The van der Waals surface area contributed by atoms with Crippen molar-refractivity contribution < 1.29 is 9.84 Å². The molecule has 0 bridgehead atoms. The van der Waals surface area contributed by atoms with Crippen LogP contribution in [-0.4, -0.2) is 42.9 Å². The molecule has 1 aromatic carbocycles. The highest BCUT2D eigenvalue weighted by atomic mass is 16.5. The van der Waals surface area contributed by atoms with Crippen molar-refractivity contribution in [3.05, 3.63) is 29.8 Å². The molecule has 4 atom stereocenters. The number of nitrogens with zero attached hydrogens (tertiary/aromatic N) is 1. The average Bonchev–Trinajstić information content (AvgIpc) is 2.53. The Morgan fingerprint density at radius 1 is 1.32 bits per heavy atom. The first-order chi connectivity index (χ1) is 10.4. The lowest BCUT2D eigenvalue weighted by atomic mass is 9.48. The van der Waals surface area contributed by atoms with E-state index in [0.717, 1.165) is 38.0 Å². The second-order valence-corrected chi connectivity index (χ2v) is 7.53. The number of aliphatic hydroxyl groups is 1. The summed E-state index contributed by atoms with van der Waals surface area (Å²) < 4.78 is 5.46. The predicted octanol–water partition coefficient (Wildman–Crippen LogP) is 3.21. The number of ether oxygens (including phenoxy) is 1. The molecule has 0 spiro atoms. The standard InChI is InChI=1S/C19H29NO2/c1-14-18(2)9-8-16(21)13-19(18,10-11-20(14)3)15-6-5-7-17(12-15)22-4/h5-7,12,14,16,21H,8-11,13H2,1-4H3. The van der Waals surface area contributed by atoms with Gasteiger partial charge in [-0.25, -0.2) is 0 Å². The molecule has 0 amide bonds. The lowest BCUT2D eigenvalue weighted by Crippen LogP contribution is -2.63. The summed E-state index contributed by atoms with van der Waals surface area (Å²) in [5, 5.41) is 10.4. The Morgan fingerprint density at radius 3 is 2.82 bits per heavy atom. The van der Waals surface area contributed by atoms with Crippen LogP contribution in [-0.2, 0) is 5.41 Å². The number of methoxy groups -OCH3 is 1. The number of benzene rings is 1. The second kappa shape index (κ2) is 5.54. The molecule has 1 saturated heterocycles. The maximum Gasteiger partial charge on any atom is 0.119 e. The maximum atomic E-state index is 10.4. The Balaban J connectivity index is 2.12. The highest BCUT2D eigenvalue weighted by Crippen LogP contribution is 2.59. The molecule has 3 heteroatoms. The summed E-state index contributed by atoms with van der Waals surface area (Å²) in [6.07, 6.45) is 3.79. The van der Waals surface area contributed by atoms with Crippen molar-refractivity contribution in [1.82, 2.24) is 4.90 Å². The van der Waals surface area contributed by atoms with Crippen LogP contribution in [0.2, 0.25) is 0 Å². The van der Waals surface area contributed by atoms with Crippen LogP contribution in [0.1, 0.15) is 45.1 Å². The SMILES string of the molecule is COc1cccc(C23CCN(C)C(C)C2(C)CCC(O)C3)c1. The van der Waals surface area contributed by atoms with Crippen LogP contribution in [0.5, 0.6) is 5.75 Å². The minimum atomic E-state index is -0.185. The number of rotatable bonds is 2. The first-order valence-corrected chi connectivity index (χ1v) is 8.46. The first kappa shape index (κ1) is 15.8. The van der Waals surface area contributed by atoms with Crippen molar-refractivity contribution in [3.63, 3.8) is 0 Å². The van der Waals surface area contributed by atoms with Gasteiger partial charge >= 0.3 is 0 Å². The minimum Gasteiger partial charge on any atom is -0.497 e. The Morgan fingerprint density at radius 2 is 2.09 bits per heavy atom. The number of hydrogen-bond acceptors (Lipinski definition) is 3. The zero-order chi connectivity index (χ0) is 16.0. The van der Waals surface area contributed by atoms with E-state index in [1.54, 1.807) is 7.11 Å². The van der Waals surface area contributed by atoms with Crippen LogP contribution >= 0.6 is 0 Å². The van der Waals surface area contributed by atoms with Gasteiger partial charge in [0.05, 0.1) is 13.2 Å². The van der Waals surface area contributed by atoms with E-state index >= 15 is 0 Å². The van der Waals surface area contributed by atoms with Gasteiger partial charge in [-0.1, -0.05) is 19.1 Å². The van der Waals surface area contributed by atoms with Crippen molar-refractivity contribution in [3.8, 4) is 5.75 Å². The van der Waals surface area contributed by atoms with Crippen LogP contribution in [0.25, 0.3) is 0 Å². The third-order valence-corrected chi connectivity index (χ3v) is 6.77. The van der Waals surface area contributed by atoms with E-state index in [4.69, 9.17) is 4.74 Å². The third-order valence-electron chi connectivity index (χ3n) is 6.77. The van der Waals surface area contributed by atoms with Crippen molar-refractivity contribution in [2.24, 2.45) is 5.41 Å². The fourth-order valence-electron chi connectivity index (χ4n) is 5.00. The van der Waals surface area contributed by atoms with Gasteiger partial charge in [-0.05, 0) is 69.3 Å². The van der Waals surface area contributed by atoms with Crippen LogP contribution < -0.4 is 4.74 Å². The molecule has 3 rings (SSSR count). The third kappa shape index (κ3) is 2.17. The van der Waals surface area contributed by atoms with Gasteiger partial charge in [0.25, 0.3) is 0 Å². The smallest absolute Gasteiger partial charge is 0.119 e. The zero-order valence-electron chi connectivity index (χ0n) is 14.3. The average molecular weight is 303 g/mol. The molecule has 22 heavy (non-hydrogen) atoms. The monoisotopic (exact) mass is 303 g/mol. The van der Waals surface area contributed by atoms with E-state index in [0.29, 0.717) is 6.04 Å². The highest BCUT2D eigenvalue weighted by Gasteiger charge is 2.57. The van der Waals surface area contributed by atoms with Crippen LogP contribution in [0, 0.1) is 5.41 Å². The molecule has 1 N–H and O–H groups in total. The molecule has 4 unspecified atom stereocenters. The van der Waals surface area contributed by atoms with Gasteiger partial charge in [0.1, 0.15) is 5.75 Å². The predicted molar refractivity (Wildman–Crippen MR) is 89.3 cm³/mol. The number of fused-ring (bicyclic) bond motifs is 1. The molecule has 2 fully saturated rings. The quantitative estimate of drug-likeness (QED) is 0.910. The highest BCUT2D eigenvalue weighted by molar-refractivity contribution is 5.38. The lowest BCUT2D eigenvalue weighted by molar-refractivity contribution is -0.0891. The van der Waals surface area contributed by atoms with Crippen molar-refractivity contribution in [1.29, 1.82) is 0 Å². The molecule has 122 valence electrons. The Kier molecular flexibility index (Phi) is 3.98. The molecule has 0 radical (unpaired) electrons. The Labute approximate surface area is 134 Å². The second-order valence-electron chi connectivity index (χ2n) is 7.53. The van der Waals surface area contributed by atoms with E-state index in [1.165, 1.54) is 5.56 Å². The summed E-state index contributed by atoms with van der Waals surface area (Å²) in [6, 6.07) is 9.04. The van der Waals surface area contributed by atoms with E-state index in [9.17, 15) is 5.11 Å². The van der Waals surface area contributed by atoms with E-state index in [2.05, 4.69) is 44.0 Å². The largest absolute Gasteiger partial charge is 0.497 e. The van der Waals surface area contributed by atoms with Gasteiger partial charge < -0.3 is 14.7 Å². The molecular formula is C19H29NO2. The van der Waals surface area contributed by atoms with Crippen LogP contribution in [0.15, 0.2) is 24.3 Å². The molecule has 1 aliphatic heterocycles. The molecule has 0 aromatic heterocycles. The van der Waals surface area contributed by atoms with E-state index < -0.39 is 0 Å². The summed E-state index contributed by atoms with van der Waals surface area (Å²) in [6.45, 7) is 5.87. The minimum absolute atomic E-state index is 0.0468. The zero-order valence-corrected chi connectivity index (χ0v) is 14.3. The fraction of sp³-hybridized carbons (Fsp3) is 0.684. The molecule has 1 heterocycles. The Hall–Kier alpha value is -1.06. The number of hydrogen-bond donors (Lipinski definition) is 1. The van der Waals surface area contributed by atoms with Crippen molar-refractivity contribution in [2.45, 2.75) is 57.1 Å². The van der Waals surface area contributed by atoms with Crippen molar-refractivity contribution in [2.75, 3.05) is 20.7 Å². The molecule has 2 aliphatic rings. The van der Waals surface area contributed by atoms with E-state index in [-0.39, 0.29) is 16.9 Å². The van der Waals surface area contributed by atoms with Gasteiger partial charge in [0.2, 0.25) is 0 Å². The summed E-state index contributed by atoms with van der Waals surface area (Å²) in [5.41, 5.74) is 1.57. The molecular weight excluding hydrogens is 274 g/mol. The summed E-state index contributed by atoms with van der Waals surface area (Å²) in [5.74, 6) is 0.917. The van der Waals surface area contributed by atoms with Gasteiger partial charge in [0, 0.05) is 11.5 Å². The normalized spacial score (nSPS) is 39.3. The number of likely N-dealkylation sites (tertiary alicyclic amines) is 1. The summed E-state index contributed by atoms with van der Waals surface area (Å²) in [4.78, 5) is 2.48. The topological polar surface area (TPSA) is 32.7 Å². The molecule has 1 aliphatic carbocycles. The summed E-state index contributed by atoms with van der Waals surface area (Å²) in [7, 11) is 3.96. The number of piperidine rings is 1. The number of aliphatic hydroxyl groups excluding tert-OH is 1. The first-order valence-electron chi connectivity index (χ1n) is 8.46. The fourth-order valence-corrected chi connectivity index (χ4v) is 5.00.